The molecule has 166 valence electrons. The monoisotopic (exact) mass is 408 g/mol. The van der Waals surface area contributed by atoms with Crippen LogP contribution in [0.4, 0.5) is 0 Å². The van der Waals surface area contributed by atoms with Crippen LogP contribution in [0.15, 0.2) is 23.2 Å². The van der Waals surface area contributed by atoms with Gasteiger partial charge >= 0.3 is 0 Å². The van der Waals surface area contributed by atoms with Crippen molar-refractivity contribution in [3.05, 3.63) is 23.8 Å². The summed E-state index contributed by atoms with van der Waals surface area (Å²) in [5.74, 6) is 2.67. The summed E-state index contributed by atoms with van der Waals surface area (Å²) in [6.45, 7) is 6.66. The van der Waals surface area contributed by atoms with E-state index < -0.39 is 0 Å². The first-order valence-corrected chi connectivity index (χ1v) is 10.5. The first-order valence-electron chi connectivity index (χ1n) is 10.5. The summed E-state index contributed by atoms with van der Waals surface area (Å²) in [6, 6.07) is 6.17. The average Bonchev–Trinajstić information content (AvgIpc) is 2.71. The van der Waals surface area contributed by atoms with Gasteiger partial charge in [-0.1, -0.05) is 19.4 Å². The number of methoxy groups -OCH3 is 2. The molecule has 0 saturated carbocycles. The van der Waals surface area contributed by atoms with Gasteiger partial charge in [0.2, 0.25) is 0 Å². The van der Waals surface area contributed by atoms with E-state index in [1.165, 1.54) is 0 Å². The highest BCUT2D eigenvalue weighted by Crippen LogP contribution is 2.31. The SMILES string of the molecule is CCCC(CCO)CN=C(NCC)NCC(c1ccc(OC)c(OC)c1)N(C)C. The quantitative estimate of drug-likeness (QED) is 0.344. The van der Waals surface area contributed by atoms with Gasteiger partial charge in [-0.2, -0.15) is 0 Å². The van der Waals surface area contributed by atoms with Gasteiger partial charge < -0.3 is 30.1 Å². The molecule has 0 fully saturated rings. The van der Waals surface area contributed by atoms with Crippen LogP contribution < -0.4 is 20.1 Å². The Kier molecular flexibility index (Phi) is 12.1. The molecule has 0 aliphatic rings. The van der Waals surface area contributed by atoms with Crippen LogP contribution in [0.25, 0.3) is 0 Å². The molecular weight excluding hydrogens is 368 g/mol. The second-order valence-corrected chi connectivity index (χ2v) is 7.36. The lowest BCUT2D eigenvalue weighted by Gasteiger charge is -2.27. The molecule has 7 nitrogen and oxygen atoms in total. The average molecular weight is 409 g/mol. The van der Waals surface area contributed by atoms with Gasteiger partial charge in [0.05, 0.1) is 20.3 Å². The molecule has 1 aromatic rings. The first-order chi connectivity index (χ1) is 14.0. The second-order valence-electron chi connectivity index (χ2n) is 7.36. The Balaban J connectivity index is 2.89. The number of aliphatic imine (C=N–C) groups is 1. The minimum absolute atomic E-state index is 0.141. The highest BCUT2D eigenvalue weighted by molar-refractivity contribution is 5.79. The van der Waals surface area contributed by atoms with Crippen molar-refractivity contribution in [2.24, 2.45) is 10.9 Å². The third kappa shape index (κ3) is 8.50. The van der Waals surface area contributed by atoms with Crippen LogP contribution in [-0.2, 0) is 0 Å². The van der Waals surface area contributed by atoms with Gasteiger partial charge in [-0.3, -0.25) is 4.99 Å². The van der Waals surface area contributed by atoms with Crippen molar-refractivity contribution in [1.82, 2.24) is 15.5 Å². The molecule has 0 bridgehead atoms. The molecule has 2 atom stereocenters. The molecule has 0 aromatic heterocycles. The molecule has 1 rings (SSSR count). The normalized spacial score (nSPS) is 13.9. The van der Waals surface area contributed by atoms with E-state index in [0.29, 0.717) is 19.0 Å². The molecule has 0 spiro atoms. The Bertz CT molecular complexity index is 602. The fourth-order valence-electron chi connectivity index (χ4n) is 3.33. The van der Waals surface area contributed by atoms with Crippen molar-refractivity contribution in [3.63, 3.8) is 0 Å². The van der Waals surface area contributed by atoms with Crippen molar-refractivity contribution in [3.8, 4) is 11.5 Å². The number of likely N-dealkylation sites (N-methyl/N-ethyl adjacent to an activating group) is 1. The van der Waals surface area contributed by atoms with Crippen molar-refractivity contribution in [1.29, 1.82) is 0 Å². The standard InChI is InChI=1S/C22H40N4O3/c1-7-9-17(12-13-27)15-24-22(23-8-2)25-16-19(26(3)4)18-10-11-20(28-5)21(14-18)29-6/h10-11,14,17,19,27H,7-9,12-13,15-16H2,1-6H3,(H2,23,24,25). The van der Waals surface area contributed by atoms with E-state index in [0.717, 1.165) is 48.8 Å². The zero-order valence-corrected chi connectivity index (χ0v) is 19.0. The molecule has 3 N–H and O–H groups in total. The van der Waals surface area contributed by atoms with E-state index in [4.69, 9.17) is 14.5 Å². The molecule has 0 radical (unpaired) electrons. The number of ether oxygens (including phenoxy) is 2. The number of hydrogen-bond acceptors (Lipinski definition) is 5. The fourth-order valence-corrected chi connectivity index (χ4v) is 3.33. The third-order valence-electron chi connectivity index (χ3n) is 4.96. The number of nitrogens with zero attached hydrogens (tertiary/aromatic N) is 2. The van der Waals surface area contributed by atoms with Crippen molar-refractivity contribution < 1.29 is 14.6 Å². The zero-order valence-electron chi connectivity index (χ0n) is 19.0. The van der Waals surface area contributed by atoms with E-state index >= 15 is 0 Å². The first kappa shape index (κ1) is 25.0. The summed E-state index contributed by atoms with van der Waals surface area (Å²) >= 11 is 0. The summed E-state index contributed by atoms with van der Waals surface area (Å²) in [5.41, 5.74) is 1.14. The number of aliphatic hydroxyl groups excluding tert-OH is 1. The predicted octanol–water partition coefficient (Wildman–Crippen LogP) is 2.66. The second kappa shape index (κ2) is 14.1. The minimum Gasteiger partial charge on any atom is -0.493 e. The number of rotatable bonds is 13. The Morgan fingerprint density at radius 3 is 2.38 bits per heavy atom. The number of guanidine groups is 1. The zero-order chi connectivity index (χ0) is 21.6. The lowest BCUT2D eigenvalue weighted by molar-refractivity contribution is 0.253. The van der Waals surface area contributed by atoms with Gasteiger partial charge in [-0.25, -0.2) is 0 Å². The Morgan fingerprint density at radius 2 is 1.83 bits per heavy atom. The van der Waals surface area contributed by atoms with E-state index in [9.17, 15) is 5.11 Å². The van der Waals surface area contributed by atoms with Crippen LogP contribution in [0, 0.1) is 5.92 Å². The molecule has 0 amide bonds. The summed E-state index contributed by atoms with van der Waals surface area (Å²) < 4.78 is 10.8. The summed E-state index contributed by atoms with van der Waals surface area (Å²) in [5, 5.41) is 16.1. The Labute approximate surface area is 176 Å². The van der Waals surface area contributed by atoms with Gasteiger partial charge in [0.1, 0.15) is 0 Å². The van der Waals surface area contributed by atoms with Crippen molar-refractivity contribution in [2.75, 3.05) is 54.6 Å². The maximum absolute atomic E-state index is 9.27. The number of aliphatic hydroxyl groups is 1. The topological polar surface area (TPSA) is 78.4 Å². The van der Waals surface area contributed by atoms with Crippen LogP contribution in [0.2, 0.25) is 0 Å². The van der Waals surface area contributed by atoms with Gasteiger partial charge in [0.25, 0.3) is 0 Å². The van der Waals surface area contributed by atoms with Crippen LogP contribution in [0.3, 0.4) is 0 Å². The summed E-state index contributed by atoms with van der Waals surface area (Å²) in [6.07, 6.45) is 2.98. The van der Waals surface area contributed by atoms with Crippen LogP contribution in [0.5, 0.6) is 11.5 Å². The molecule has 0 heterocycles. The van der Waals surface area contributed by atoms with Crippen molar-refractivity contribution in [2.45, 2.75) is 39.2 Å². The van der Waals surface area contributed by atoms with Gasteiger partial charge in [-0.15, -0.1) is 0 Å². The number of benzene rings is 1. The molecule has 0 aliphatic heterocycles. The molecule has 2 unspecified atom stereocenters. The maximum atomic E-state index is 9.27. The van der Waals surface area contributed by atoms with E-state index in [1.54, 1.807) is 14.2 Å². The summed E-state index contributed by atoms with van der Waals surface area (Å²) in [7, 11) is 7.42. The lowest BCUT2D eigenvalue weighted by Crippen LogP contribution is -2.42. The molecule has 0 saturated heterocycles. The van der Waals surface area contributed by atoms with Gasteiger partial charge in [0.15, 0.2) is 17.5 Å². The molecular formula is C22H40N4O3. The highest BCUT2D eigenvalue weighted by Gasteiger charge is 2.17. The summed E-state index contributed by atoms with van der Waals surface area (Å²) in [4.78, 5) is 6.93. The largest absolute Gasteiger partial charge is 0.493 e. The van der Waals surface area contributed by atoms with Crippen LogP contribution in [-0.4, -0.2) is 70.5 Å². The smallest absolute Gasteiger partial charge is 0.191 e. The molecule has 0 aliphatic carbocycles. The van der Waals surface area contributed by atoms with Crippen molar-refractivity contribution >= 4 is 5.96 Å². The van der Waals surface area contributed by atoms with E-state index in [1.807, 2.05) is 12.1 Å². The van der Waals surface area contributed by atoms with Crippen LogP contribution >= 0.6 is 0 Å². The van der Waals surface area contributed by atoms with Gasteiger partial charge in [-0.05, 0) is 57.5 Å². The van der Waals surface area contributed by atoms with Gasteiger partial charge in [0, 0.05) is 26.2 Å². The van der Waals surface area contributed by atoms with E-state index in [2.05, 4.69) is 49.5 Å². The van der Waals surface area contributed by atoms with Crippen LogP contribution in [0.1, 0.15) is 44.7 Å². The highest BCUT2D eigenvalue weighted by atomic mass is 16.5. The minimum atomic E-state index is 0.141. The lowest BCUT2D eigenvalue weighted by atomic mass is 10.0. The Hall–Kier alpha value is -1.99. The molecule has 7 heteroatoms. The van der Waals surface area contributed by atoms with E-state index in [-0.39, 0.29) is 12.6 Å². The maximum Gasteiger partial charge on any atom is 0.191 e. The predicted molar refractivity (Wildman–Crippen MR) is 120 cm³/mol. The number of nitrogens with one attached hydrogen (secondary N) is 2. The molecule has 29 heavy (non-hydrogen) atoms. The number of hydrogen-bond donors (Lipinski definition) is 3. The Morgan fingerprint density at radius 1 is 1.10 bits per heavy atom. The fraction of sp³-hybridized carbons (Fsp3) is 0.682. The third-order valence-corrected chi connectivity index (χ3v) is 4.96. The molecule has 1 aromatic carbocycles.